The number of rotatable bonds is 5. The van der Waals surface area contributed by atoms with Gasteiger partial charge in [0.05, 0.1) is 5.39 Å². The largest absolute Gasteiger partial charge is 0.356 e. The molecule has 2 fully saturated rings. The lowest BCUT2D eigenvalue weighted by Crippen LogP contribution is -2.25. The average molecular weight is 450 g/mol. The van der Waals surface area contributed by atoms with E-state index in [-0.39, 0.29) is 12.1 Å². The van der Waals surface area contributed by atoms with Crippen LogP contribution < -0.4 is 10.5 Å². The topological polar surface area (TPSA) is 103 Å². The maximum absolute atomic E-state index is 12.8. The molecule has 0 aromatic carbocycles. The summed E-state index contributed by atoms with van der Waals surface area (Å²) in [4.78, 5) is 32.5. The number of halogens is 1. The number of nitrogens with zero attached hydrogens (tertiary/aromatic N) is 7. The van der Waals surface area contributed by atoms with Crippen LogP contribution in [0.25, 0.3) is 11.0 Å². The number of aryl methyl sites for hydroxylation is 1. The van der Waals surface area contributed by atoms with Gasteiger partial charge in [-0.2, -0.15) is 4.98 Å². The van der Waals surface area contributed by atoms with Crippen LogP contribution >= 0.6 is 11.6 Å². The van der Waals surface area contributed by atoms with Crippen LogP contribution in [0, 0.1) is 24.7 Å². The van der Waals surface area contributed by atoms with Crippen molar-refractivity contribution in [1.29, 1.82) is 0 Å². The van der Waals surface area contributed by atoms with E-state index in [0.717, 1.165) is 30.9 Å². The second kappa shape index (κ2) is 7.37. The van der Waals surface area contributed by atoms with Gasteiger partial charge in [-0.25, -0.2) is 15.0 Å². The molecule has 0 amide bonds. The minimum atomic E-state index is -0.160. The first kappa shape index (κ1) is 19.4. The van der Waals surface area contributed by atoms with Crippen molar-refractivity contribution < 1.29 is 4.52 Å². The normalized spacial score (nSPS) is 21.8. The summed E-state index contributed by atoms with van der Waals surface area (Å²) in [6.45, 7) is 4.00. The minimum absolute atomic E-state index is 0.160. The fraction of sp³-hybridized carbons (Fsp3) is 0.364. The molecule has 1 saturated carbocycles. The molecule has 0 N–H and O–H groups in total. The minimum Gasteiger partial charge on any atom is -0.356 e. The van der Waals surface area contributed by atoms with Crippen molar-refractivity contribution in [3.8, 4) is 0 Å². The zero-order valence-electron chi connectivity index (χ0n) is 17.3. The monoisotopic (exact) mass is 449 g/mol. The number of pyridine rings is 2. The van der Waals surface area contributed by atoms with Gasteiger partial charge in [-0.05, 0) is 48.4 Å². The lowest BCUT2D eigenvalue weighted by atomic mass is 10.2. The van der Waals surface area contributed by atoms with Gasteiger partial charge in [-0.3, -0.25) is 9.36 Å². The molecule has 1 saturated heterocycles. The van der Waals surface area contributed by atoms with Crippen molar-refractivity contribution in [1.82, 2.24) is 29.7 Å². The number of anilines is 1. The van der Waals surface area contributed by atoms with E-state index in [1.54, 1.807) is 24.5 Å². The number of fused-ring (bicyclic) bond motifs is 2. The van der Waals surface area contributed by atoms with Crippen LogP contribution in [0.4, 0.5) is 5.82 Å². The molecule has 4 aromatic heterocycles. The Morgan fingerprint density at radius 3 is 2.78 bits per heavy atom. The van der Waals surface area contributed by atoms with E-state index in [1.165, 1.54) is 10.9 Å². The first-order chi connectivity index (χ1) is 15.6. The Morgan fingerprint density at radius 2 is 1.97 bits per heavy atom. The van der Waals surface area contributed by atoms with Crippen molar-refractivity contribution in [2.24, 2.45) is 17.8 Å². The number of hydrogen-bond donors (Lipinski definition) is 0. The highest BCUT2D eigenvalue weighted by molar-refractivity contribution is 6.30. The van der Waals surface area contributed by atoms with E-state index in [0.29, 0.717) is 45.5 Å². The molecule has 5 heterocycles. The van der Waals surface area contributed by atoms with Crippen LogP contribution in [0.3, 0.4) is 0 Å². The molecule has 162 valence electrons. The van der Waals surface area contributed by atoms with Crippen molar-refractivity contribution in [3.05, 3.63) is 69.6 Å². The van der Waals surface area contributed by atoms with Crippen LogP contribution in [0.5, 0.6) is 0 Å². The van der Waals surface area contributed by atoms with E-state index < -0.39 is 0 Å². The summed E-state index contributed by atoms with van der Waals surface area (Å²) < 4.78 is 6.90. The third kappa shape index (κ3) is 3.33. The van der Waals surface area contributed by atoms with Gasteiger partial charge in [0.15, 0.2) is 11.5 Å². The molecule has 0 bridgehead atoms. The molecule has 1 aliphatic carbocycles. The molecule has 6 rings (SSSR count). The van der Waals surface area contributed by atoms with Crippen molar-refractivity contribution in [3.63, 3.8) is 0 Å². The molecule has 1 aliphatic heterocycles. The molecule has 9 nitrogen and oxygen atoms in total. The van der Waals surface area contributed by atoms with Gasteiger partial charge in [0, 0.05) is 36.9 Å². The second-order valence-electron chi connectivity index (χ2n) is 8.54. The Bertz CT molecular complexity index is 1370. The lowest BCUT2D eigenvalue weighted by molar-refractivity contribution is 0.363. The molecule has 1 unspecified atom stereocenters. The van der Waals surface area contributed by atoms with Gasteiger partial charge >= 0.3 is 0 Å². The molecule has 0 radical (unpaired) electrons. The highest BCUT2D eigenvalue weighted by atomic mass is 35.5. The average Bonchev–Trinajstić information content (AvgIpc) is 3.12. The van der Waals surface area contributed by atoms with E-state index in [2.05, 4.69) is 30.0 Å². The Balaban J connectivity index is 1.11. The lowest BCUT2D eigenvalue weighted by Gasteiger charge is -2.20. The highest BCUT2D eigenvalue weighted by Gasteiger charge is 2.56. The Hall–Kier alpha value is -3.33. The maximum Gasteiger partial charge on any atom is 0.263 e. The van der Waals surface area contributed by atoms with Crippen LogP contribution in [-0.4, -0.2) is 42.7 Å². The summed E-state index contributed by atoms with van der Waals surface area (Å²) in [5, 5.41) is 5.36. The van der Waals surface area contributed by atoms with E-state index in [4.69, 9.17) is 16.1 Å². The Kier molecular flexibility index (Phi) is 4.46. The van der Waals surface area contributed by atoms with Gasteiger partial charge in [0.25, 0.3) is 5.56 Å². The van der Waals surface area contributed by atoms with Crippen LogP contribution in [0.1, 0.15) is 17.3 Å². The van der Waals surface area contributed by atoms with E-state index in [1.807, 2.05) is 13.0 Å². The predicted octanol–water partition coefficient (Wildman–Crippen LogP) is 2.50. The maximum atomic E-state index is 12.8. The van der Waals surface area contributed by atoms with Crippen LogP contribution in [0.2, 0.25) is 5.02 Å². The van der Waals surface area contributed by atoms with Crippen LogP contribution in [0.15, 0.2) is 46.2 Å². The molecular weight excluding hydrogens is 430 g/mol. The molecule has 3 atom stereocenters. The smallest absolute Gasteiger partial charge is 0.263 e. The highest BCUT2D eigenvalue weighted by Crippen LogP contribution is 2.53. The first-order valence-corrected chi connectivity index (χ1v) is 10.9. The predicted molar refractivity (Wildman–Crippen MR) is 118 cm³/mol. The molecular formula is C22H20ClN7O2. The zero-order chi connectivity index (χ0) is 21.8. The third-order valence-electron chi connectivity index (χ3n) is 6.57. The summed E-state index contributed by atoms with van der Waals surface area (Å²) in [6, 6.07) is 5.50. The quantitative estimate of drug-likeness (QED) is 0.458. The number of aromatic nitrogens is 6. The number of hydrogen-bond acceptors (Lipinski definition) is 8. The Labute approximate surface area is 188 Å². The van der Waals surface area contributed by atoms with Crippen LogP contribution in [-0.2, 0) is 13.0 Å². The summed E-state index contributed by atoms with van der Waals surface area (Å²) in [7, 11) is 0. The van der Waals surface area contributed by atoms with E-state index in [9.17, 15) is 4.79 Å². The second-order valence-corrected chi connectivity index (χ2v) is 8.98. The van der Waals surface area contributed by atoms with Gasteiger partial charge in [-0.15, -0.1) is 0 Å². The van der Waals surface area contributed by atoms with Crippen molar-refractivity contribution in [2.75, 3.05) is 18.0 Å². The summed E-state index contributed by atoms with van der Waals surface area (Å²) in [5.74, 6) is 3.80. The molecule has 0 spiro atoms. The fourth-order valence-electron chi connectivity index (χ4n) is 4.84. The first-order valence-electron chi connectivity index (χ1n) is 10.6. The standard InChI is InChI=1S/C22H20ClN7O2/c1-12-2-4-25-21-20(12)22(31)30(11-26-21)10-19-27-17(28-32-19)7-14-15-8-29(9-16(14)15)18-6-13(23)3-5-24-18/h2-6,11,14-16H,7-10H2,1H3/t14?,15-,16+. The van der Waals surface area contributed by atoms with Gasteiger partial charge in [-0.1, -0.05) is 16.8 Å². The van der Waals surface area contributed by atoms with Crippen molar-refractivity contribution in [2.45, 2.75) is 19.9 Å². The number of piperidine rings is 1. The molecule has 4 aromatic rings. The molecule has 2 aliphatic rings. The Morgan fingerprint density at radius 1 is 1.16 bits per heavy atom. The third-order valence-corrected chi connectivity index (χ3v) is 6.81. The van der Waals surface area contributed by atoms with Gasteiger partial charge < -0.3 is 9.42 Å². The van der Waals surface area contributed by atoms with Crippen molar-refractivity contribution >= 4 is 28.5 Å². The zero-order valence-corrected chi connectivity index (χ0v) is 18.1. The fourth-order valence-corrected chi connectivity index (χ4v) is 4.99. The van der Waals surface area contributed by atoms with E-state index >= 15 is 0 Å². The summed E-state index contributed by atoms with van der Waals surface area (Å²) in [5.41, 5.74) is 1.13. The van der Waals surface area contributed by atoms with Gasteiger partial charge in [0.2, 0.25) is 5.89 Å². The SMILES string of the molecule is Cc1ccnc2ncn(Cc3nc(CC4[C@H]5CN(c6cc(Cl)ccn6)C[C@@H]45)no3)c(=O)c12. The molecule has 10 heteroatoms. The molecule has 32 heavy (non-hydrogen) atoms. The van der Waals surface area contributed by atoms with Gasteiger partial charge in [0.1, 0.15) is 18.7 Å². The summed E-state index contributed by atoms with van der Waals surface area (Å²) in [6.07, 6.45) is 5.65. The summed E-state index contributed by atoms with van der Waals surface area (Å²) >= 11 is 6.09.